The second-order valence-electron chi connectivity index (χ2n) is 5.42. The smallest absolute Gasteiger partial charge is 0.255 e. The molecule has 0 aliphatic rings. The molecular formula is C18H16N2O4S2. The molecule has 1 heterocycles. The summed E-state index contributed by atoms with van der Waals surface area (Å²) in [5, 5.41) is 15.6. The minimum atomic E-state index is -0.245. The van der Waals surface area contributed by atoms with Gasteiger partial charge in [-0.25, -0.2) is 10.2 Å². The van der Waals surface area contributed by atoms with Gasteiger partial charge in [0.15, 0.2) is 0 Å². The van der Waals surface area contributed by atoms with Crippen LogP contribution in [0.2, 0.25) is 0 Å². The van der Waals surface area contributed by atoms with E-state index in [1.807, 2.05) is 38.1 Å². The van der Waals surface area contributed by atoms with E-state index in [1.54, 1.807) is 35.6 Å². The van der Waals surface area contributed by atoms with Gasteiger partial charge >= 0.3 is 0 Å². The molecule has 0 saturated carbocycles. The quantitative estimate of drug-likeness (QED) is 0.347. The lowest BCUT2D eigenvalue weighted by Crippen LogP contribution is -2.11. The van der Waals surface area contributed by atoms with Gasteiger partial charge in [0.25, 0.3) is 5.91 Å². The number of aryl methyl sites for hydroxylation is 2. The van der Waals surface area contributed by atoms with Crippen LogP contribution < -0.4 is 5.32 Å². The molecule has 0 atom stereocenters. The van der Waals surface area contributed by atoms with Gasteiger partial charge in [-0.15, -0.1) is 15.7 Å². The molecule has 0 fully saturated rings. The zero-order valence-corrected chi connectivity index (χ0v) is 15.7. The van der Waals surface area contributed by atoms with Crippen LogP contribution in [0, 0.1) is 13.8 Å². The second kappa shape index (κ2) is 8.43. The average molecular weight is 388 g/mol. The molecule has 26 heavy (non-hydrogen) atoms. The molecule has 134 valence electrons. The molecule has 2 N–H and O–H groups in total. The number of hydrogen-bond donors (Lipinski definition) is 2. The lowest BCUT2D eigenvalue weighted by molar-refractivity contribution is -0.432. The molecule has 6 nitrogen and oxygen atoms in total. The second-order valence-corrected chi connectivity index (χ2v) is 7.60. The van der Waals surface area contributed by atoms with Crippen molar-refractivity contribution in [3.05, 3.63) is 64.0 Å². The Bertz CT molecular complexity index is 910. The molecule has 8 heteroatoms. The summed E-state index contributed by atoms with van der Waals surface area (Å²) in [5.74, 6) is -0.245. The van der Waals surface area contributed by atoms with Crippen LogP contribution in [0.15, 0.2) is 53.4 Å². The van der Waals surface area contributed by atoms with E-state index in [1.165, 1.54) is 4.88 Å². The van der Waals surface area contributed by atoms with E-state index < -0.39 is 0 Å². The Kier molecular flexibility index (Phi) is 6.02. The van der Waals surface area contributed by atoms with Crippen molar-refractivity contribution in [1.29, 1.82) is 0 Å². The van der Waals surface area contributed by atoms with E-state index in [0.29, 0.717) is 16.1 Å². The number of nitrogens with zero attached hydrogens (tertiary/aromatic N) is 1. The SMILES string of the molecule is Cc1nc(-c2ccc(NC(=O)c3cccc(SOOO)c3)cc2)c(C)s1. The van der Waals surface area contributed by atoms with E-state index in [9.17, 15) is 4.79 Å². The molecule has 0 aliphatic carbocycles. The van der Waals surface area contributed by atoms with Gasteiger partial charge in [0.1, 0.15) is 0 Å². The Balaban J connectivity index is 1.71. The highest BCUT2D eigenvalue weighted by Gasteiger charge is 2.10. The van der Waals surface area contributed by atoms with Gasteiger partial charge in [-0.1, -0.05) is 23.2 Å². The molecule has 3 aromatic rings. The number of nitrogens with one attached hydrogen (secondary N) is 1. The highest BCUT2D eigenvalue weighted by atomic mass is 32.2. The van der Waals surface area contributed by atoms with E-state index in [-0.39, 0.29) is 5.91 Å². The number of carbonyl (C=O) groups excluding carboxylic acids is 1. The van der Waals surface area contributed by atoms with Crippen LogP contribution in [0.5, 0.6) is 0 Å². The summed E-state index contributed by atoms with van der Waals surface area (Å²) < 4.78 is 4.37. The fraction of sp³-hybridized carbons (Fsp3) is 0.111. The number of rotatable bonds is 6. The number of thiazole rings is 1. The predicted octanol–water partition coefficient (Wildman–Crippen LogP) is 5.11. The minimum absolute atomic E-state index is 0.245. The minimum Gasteiger partial charge on any atom is -0.322 e. The van der Waals surface area contributed by atoms with Crippen molar-refractivity contribution < 1.29 is 19.4 Å². The number of carbonyl (C=O) groups is 1. The first-order valence-corrected chi connectivity index (χ1v) is 9.23. The molecular weight excluding hydrogens is 372 g/mol. The molecule has 2 aromatic carbocycles. The van der Waals surface area contributed by atoms with Crippen LogP contribution in [-0.2, 0) is 9.37 Å². The molecule has 0 aliphatic heterocycles. The summed E-state index contributed by atoms with van der Waals surface area (Å²) >= 11 is 2.47. The monoisotopic (exact) mass is 388 g/mol. The maximum absolute atomic E-state index is 12.4. The topological polar surface area (TPSA) is 80.7 Å². The molecule has 1 aromatic heterocycles. The Hall–Kier alpha value is -2.23. The summed E-state index contributed by atoms with van der Waals surface area (Å²) in [7, 11) is 0. The highest BCUT2D eigenvalue weighted by Crippen LogP contribution is 2.28. The van der Waals surface area contributed by atoms with Crippen molar-refractivity contribution in [3.63, 3.8) is 0 Å². The van der Waals surface area contributed by atoms with Crippen molar-refractivity contribution in [1.82, 2.24) is 4.98 Å². The van der Waals surface area contributed by atoms with Gasteiger partial charge < -0.3 is 5.32 Å². The summed E-state index contributed by atoms with van der Waals surface area (Å²) in [4.78, 5) is 18.7. The van der Waals surface area contributed by atoms with Crippen molar-refractivity contribution >= 4 is 35.0 Å². The Morgan fingerprint density at radius 2 is 1.96 bits per heavy atom. The average Bonchev–Trinajstić information content (AvgIpc) is 2.99. The number of anilines is 1. The third kappa shape index (κ3) is 4.48. The maximum Gasteiger partial charge on any atom is 0.255 e. The Morgan fingerprint density at radius 1 is 1.19 bits per heavy atom. The van der Waals surface area contributed by atoms with Crippen LogP contribution in [-0.4, -0.2) is 16.1 Å². The summed E-state index contributed by atoms with van der Waals surface area (Å²) in [6, 6.07) is 14.3. The summed E-state index contributed by atoms with van der Waals surface area (Å²) in [6.45, 7) is 4.03. The van der Waals surface area contributed by atoms with Crippen molar-refractivity contribution in [2.75, 3.05) is 5.32 Å². The molecule has 0 radical (unpaired) electrons. The van der Waals surface area contributed by atoms with Crippen LogP contribution in [0.3, 0.4) is 0 Å². The van der Waals surface area contributed by atoms with Gasteiger partial charge in [-0.3, -0.25) is 4.79 Å². The van der Waals surface area contributed by atoms with E-state index >= 15 is 0 Å². The molecule has 0 bridgehead atoms. The van der Waals surface area contributed by atoms with E-state index in [0.717, 1.165) is 28.3 Å². The molecule has 0 saturated heterocycles. The van der Waals surface area contributed by atoms with Crippen LogP contribution in [0.1, 0.15) is 20.2 Å². The Labute approximate surface area is 158 Å². The molecule has 1 amide bonds. The summed E-state index contributed by atoms with van der Waals surface area (Å²) in [6.07, 6.45) is 0. The lowest BCUT2D eigenvalue weighted by atomic mass is 10.1. The normalized spacial score (nSPS) is 10.7. The third-order valence-electron chi connectivity index (χ3n) is 3.58. The van der Waals surface area contributed by atoms with Crippen molar-refractivity contribution in [3.8, 4) is 11.3 Å². The van der Waals surface area contributed by atoms with Gasteiger partial charge in [0.2, 0.25) is 0 Å². The van der Waals surface area contributed by atoms with E-state index in [4.69, 9.17) is 5.26 Å². The summed E-state index contributed by atoms with van der Waals surface area (Å²) in [5.41, 5.74) is 3.15. The van der Waals surface area contributed by atoms with Crippen LogP contribution in [0.4, 0.5) is 5.69 Å². The van der Waals surface area contributed by atoms with Crippen molar-refractivity contribution in [2.24, 2.45) is 0 Å². The number of hydrogen-bond acceptors (Lipinski definition) is 7. The lowest BCUT2D eigenvalue weighted by Gasteiger charge is -2.07. The third-order valence-corrected chi connectivity index (χ3v) is 5.04. The molecule has 0 unspecified atom stereocenters. The fourth-order valence-electron chi connectivity index (χ4n) is 2.46. The van der Waals surface area contributed by atoms with Gasteiger partial charge in [-0.05, 0) is 44.2 Å². The zero-order chi connectivity index (χ0) is 18.5. The predicted molar refractivity (Wildman–Crippen MR) is 102 cm³/mol. The van der Waals surface area contributed by atoms with Gasteiger partial charge in [0, 0.05) is 26.6 Å². The molecule has 3 rings (SSSR count). The van der Waals surface area contributed by atoms with Gasteiger partial charge in [0.05, 0.1) is 22.7 Å². The molecule has 0 spiro atoms. The first-order chi connectivity index (χ1) is 12.6. The van der Waals surface area contributed by atoms with Gasteiger partial charge in [-0.2, -0.15) is 0 Å². The standard InChI is InChI=1S/C18H16N2O4S2/c1-11-17(19-12(2)25-11)13-6-8-15(9-7-13)20-18(21)14-4-3-5-16(10-14)26-24-23-22/h3-10,22H,1-2H3,(H,20,21). The highest BCUT2D eigenvalue weighted by molar-refractivity contribution is 7.94. The number of amides is 1. The largest absolute Gasteiger partial charge is 0.322 e. The zero-order valence-electron chi connectivity index (χ0n) is 14.1. The fourth-order valence-corrected chi connectivity index (χ4v) is 3.71. The first-order valence-electron chi connectivity index (χ1n) is 7.67. The Morgan fingerprint density at radius 3 is 2.62 bits per heavy atom. The first kappa shape index (κ1) is 18.6. The van der Waals surface area contributed by atoms with Crippen LogP contribution >= 0.6 is 23.4 Å². The van der Waals surface area contributed by atoms with Crippen molar-refractivity contribution in [2.45, 2.75) is 18.7 Å². The number of aromatic nitrogens is 1. The number of benzene rings is 2. The van der Waals surface area contributed by atoms with E-state index in [2.05, 4.69) is 19.7 Å². The van der Waals surface area contributed by atoms with Crippen LogP contribution in [0.25, 0.3) is 11.3 Å². The maximum atomic E-state index is 12.4.